The van der Waals surface area contributed by atoms with Crippen LogP contribution in [0.4, 0.5) is 16.3 Å². The Morgan fingerprint density at radius 2 is 1.64 bits per heavy atom. The van der Waals surface area contributed by atoms with Crippen LogP contribution in [-0.4, -0.2) is 30.8 Å². The van der Waals surface area contributed by atoms with Crippen LogP contribution in [0.3, 0.4) is 0 Å². The van der Waals surface area contributed by atoms with Crippen molar-refractivity contribution in [3.63, 3.8) is 0 Å². The highest BCUT2D eigenvalue weighted by molar-refractivity contribution is 6.07. The van der Waals surface area contributed by atoms with E-state index in [2.05, 4.69) is 46.4 Å². The monoisotopic (exact) mass is 559 g/mol. The summed E-state index contributed by atoms with van der Waals surface area (Å²) in [6, 6.07) is 24.1. The molecule has 3 N–H and O–H groups in total. The molecule has 0 unspecified atom stereocenters. The number of rotatable bonds is 5. The molecule has 10 heteroatoms. The number of hydrogen-bond acceptors (Lipinski definition) is 6. The molecule has 3 aromatic heterocycles. The van der Waals surface area contributed by atoms with Crippen LogP contribution in [-0.2, 0) is 5.41 Å². The van der Waals surface area contributed by atoms with Gasteiger partial charge in [-0.2, -0.15) is 5.10 Å². The lowest BCUT2D eigenvalue weighted by atomic mass is 9.92. The highest BCUT2D eigenvalue weighted by Crippen LogP contribution is 2.36. The number of hydrogen-bond donors (Lipinski definition) is 3. The standard InChI is InChI=1S/C32H29N7O3/c1-19-30(40)37-29-28(34-19)25(16-17-33-29)42-24-15-14-23(21-12-8-9-13-22(21)24)35-31(41)36-27-18-26(32(2,3)4)38-39(27)20-10-6-5-7-11-20/h5-18H,1-4H3,(H,33,37,40)(H2,35,36,41). The van der Waals surface area contributed by atoms with E-state index in [0.29, 0.717) is 39.9 Å². The van der Waals surface area contributed by atoms with Crippen molar-refractivity contribution in [1.29, 1.82) is 0 Å². The van der Waals surface area contributed by atoms with Crippen molar-refractivity contribution in [2.24, 2.45) is 0 Å². The van der Waals surface area contributed by atoms with E-state index >= 15 is 0 Å². The molecule has 0 atom stereocenters. The largest absolute Gasteiger partial charge is 0.454 e. The first-order chi connectivity index (χ1) is 20.2. The number of nitrogens with one attached hydrogen (secondary N) is 3. The smallest absolute Gasteiger partial charge is 0.324 e. The van der Waals surface area contributed by atoms with Gasteiger partial charge in [-0.3, -0.25) is 10.1 Å². The van der Waals surface area contributed by atoms with Crippen LogP contribution >= 0.6 is 0 Å². The third kappa shape index (κ3) is 5.17. The second-order valence-corrected chi connectivity index (χ2v) is 10.9. The average Bonchev–Trinajstić information content (AvgIpc) is 3.40. The lowest BCUT2D eigenvalue weighted by Gasteiger charge is -2.15. The average molecular weight is 560 g/mol. The summed E-state index contributed by atoms with van der Waals surface area (Å²) >= 11 is 0. The highest BCUT2D eigenvalue weighted by atomic mass is 16.5. The number of pyridine rings is 1. The summed E-state index contributed by atoms with van der Waals surface area (Å²) in [6.07, 6.45) is 1.55. The molecule has 0 saturated carbocycles. The predicted molar refractivity (Wildman–Crippen MR) is 164 cm³/mol. The molecule has 0 saturated heterocycles. The number of carbonyl (C=O) groups is 1. The molecule has 0 radical (unpaired) electrons. The summed E-state index contributed by atoms with van der Waals surface area (Å²) < 4.78 is 8.02. The Labute approximate surface area is 241 Å². The molecular formula is C32H29N7O3. The number of aryl methyl sites for hydroxylation is 1. The summed E-state index contributed by atoms with van der Waals surface area (Å²) in [7, 11) is 0. The number of H-pyrrole nitrogens is 1. The molecular weight excluding hydrogens is 530 g/mol. The molecule has 0 aliphatic carbocycles. The number of aromatic nitrogens is 5. The van der Waals surface area contributed by atoms with Gasteiger partial charge in [0.2, 0.25) is 0 Å². The van der Waals surface area contributed by atoms with Crippen LogP contribution in [0.1, 0.15) is 32.2 Å². The molecule has 2 amide bonds. The summed E-state index contributed by atoms with van der Waals surface area (Å²) in [4.78, 5) is 36.6. The minimum Gasteiger partial charge on any atom is -0.454 e. The van der Waals surface area contributed by atoms with E-state index in [4.69, 9.17) is 9.84 Å². The molecule has 42 heavy (non-hydrogen) atoms. The van der Waals surface area contributed by atoms with Crippen molar-refractivity contribution in [3.8, 4) is 17.2 Å². The number of aromatic amines is 1. The van der Waals surface area contributed by atoms with Crippen LogP contribution in [0.25, 0.3) is 27.6 Å². The third-order valence-corrected chi connectivity index (χ3v) is 6.80. The predicted octanol–water partition coefficient (Wildman–Crippen LogP) is 6.70. The fourth-order valence-corrected chi connectivity index (χ4v) is 4.60. The second-order valence-electron chi connectivity index (χ2n) is 10.9. The molecule has 0 bridgehead atoms. The van der Waals surface area contributed by atoms with Crippen LogP contribution < -0.4 is 20.9 Å². The summed E-state index contributed by atoms with van der Waals surface area (Å²) in [5.41, 5.74) is 2.90. The first kappa shape index (κ1) is 26.7. The minimum atomic E-state index is -0.407. The number of ether oxygens (including phenoxy) is 1. The van der Waals surface area contributed by atoms with Gasteiger partial charge < -0.3 is 15.0 Å². The van der Waals surface area contributed by atoms with Crippen molar-refractivity contribution in [2.45, 2.75) is 33.1 Å². The van der Waals surface area contributed by atoms with Gasteiger partial charge in [0.15, 0.2) is 11.4 Å². The van der Waals surface area contributed by atoms with Gasteiger partial charge in [-0.05, 0) is 31.2 Å². The van der Waals surface area contributed by atoms with Crippen LogP contribution in [0, 0.1) is 6.92 Å². The maximum Gasteiger partial charge on any atom is 0.324 e. The van der Waals surface area contributed by atoms with Crippen molar-refractivity contribution in [1.82, 2.24) is 24.7 Å². The minimum absolute atomic E-state index is 0.206. The van der Waals surface area contributed by atoms with Gasteiger partial charge in [-0.25, -0.2) is 19.4 Å². The molecule has 6 rings (SSSR count). The number of carbonyl (C=O) groups excluding carboxylic acids is 1. The van der Waals surface area contributed by atoms with Crippen molar-refractivity contribution in [3.05, 3.63) is 107 Å². The van der Waals surface area contributed by atoms with E-state index in [9.17, 15) is 9.59 Å². The molecule has 3 heterocycles. The number of nitrogens with zero attached hydrogens (tertiary/aromatic N) is 4. The fraction of sp³-hybridized carbons (Fsp3) is 0.156. The van der Waals surface area contributed by atoms with Crippen LogP contribution in [0.5, 0.6) is 11.5 Å². The summed E-state index contributed by atoms with van der Waals surface area (Å²) in [5.74, 6) is 1.57. The van der Waals surface area contributed by atoms with Gasteiger partial charge in [-0.1, -0.05) is 63.2 Å². The molecule has 0 aliphatic rings. The van der Waals surface area contributed by atoms with E-state index in [1.807, 2.05) is 60.7 Å². The van der Waals surface area contributed by atoms with Gasteiger partial charge >= 0.3 is 6.03 Å². The molecule has 10 nitrogen and oxygen atoms in total. The Balaban J connectivity index is 1.31. The number of amides is 2. The first-order valence-corrected chi connectivity index (χ1v) is 13.5. The zero-order valence-electron chi connectivity index (χ0n) is 23.6. The number of anilines is 2. The second kappa shape index (κ2) is 10.5. The number of fused-ring (bicyclic) bond motifs is 2. The zero-order chi connectivity index (χ0) is 29.4. The van der Waals surface area contributed by atoms with Gasteiger partial charge in [0, 0.05) is 34.5 Å². The Morgan fingerprint density at radius 3 is 2.40 bits per heavy atom. The Morgan fingerprint density at radius 1 is 0.905 bits per heavy atom. The van der Waals surface area contributed by atoms with Crippen molar-refractivity contribution >= 4 is 39.5 Å². The van der Waals surface area contributed by atoms with E-state index < -0.39 is 6.03 Å². The van der Waals surface area contributed by atoms with Gasteiger partial charge in [-0.15, -0.1) is 0 Å². The van der Waals surface area contributed by atoms with Gasteiger partial charge in [0.05, 0.1) is 17.1 Å². The molecule has 210 valence electrons. The lowest BCUT2D eigenvalue weighted by molar-refractivity contribution is 0.262. The summed E-state index contributed by atoms with van der Waals surface area (Å²) in [6.45, 7) is 7.87. The molecule has 6 aromatic rings. The molecule has 0 fully saturated rings. The van der Waals surface area contributed by atoms with Gasteiger partial charge in [0.25, 0.3) is 5.56 Å². The fourth-order valence-electron chi connectivity index (χ4n) is 4.60. The van der Waals surface area contributed by atoms with Crippen molar-refractivity contribution in [2.75, 3.05) is 10.6 Å². The van der Waals surface area contributed by atoms with E-state index in [1.54, 1.807) is 36.0 Å². The zero-order valence-corrected chi connectivity index (χ0v) is 23.6. The van der Waals surface area contributed by atoms with Crippen LogP contribution in [0.2, 0.25) is 0 Å². The number of benzene rings is 3. The normalized spacial score (nSPS) is 11.5. The maximum absolute atomic E-state index is 13.3. The Bertz CT molecular complexity index is 2010. The lowest BCUT2D eigenvalue weighted by Crippen LogP contribution is -2.21. The topological polar surface area (TPSA) is 127 Å². The van der Waals surface area contributed by atoms with Crippen LogP contribution in [0.15, 0.2) is 89.9 Å². The van der Waals surface area contributed by atoms with E-state index in [-0.39, 0.29) is 11.0 Å². The molecule has 0 spiro atoms. The van der Waals surface area contributed by atoms with E-state index in [0.717, 1.165) is 22.2 Å². The maximum atomic E-state index is 13.3. The highest BCUT2D eigenvalue weighted by Gasteiger charge is 2.22. The quantitative estimate of drug-likeness (QED) is 0.216. The summed E-state index contributed by atoms with van der Waals surface area (Å²) in [5, 5.41) is 12.3. The van der Waals surface area contributed by atoms with Gasteiger partial charge in [0.1, 0.15) is 22.8 Å². The Kier molecular flexibility index (Phi) is 6.66. The SMILES string of the molecule is Cc1nc2c(Oc3ccc(NC(=O)Nc4cc(C(C)(C)C)nn4-c4ccccc4)c4ccccc34)ccnc2[nH]c1=O. The third-order valence-electron chi connectivity index (χ3n) is 6.80. The van der Waals surface area contributed by atoms with E-state index in [1.165, 1.54) is 0 Å². The number of urea groups is 1. The Hall–Kier alpha value is -5.51. The molecule has 0 aliphatic heterocycles. The molecule has 3 aromatic carbocycles. The first-order valence-electron chi connectivity index (χ1n) is 13.5. The van der Waals surface area contributed by atoms with Crippen molar-refractivity contribution < 1.29 is 9.53 Å². The number of para-hydroxylation sites is 1.